The second-order valence-corrected chi connectivity index (χ2v) is 8.78. The van der Waals surface area contributed by atoms with E-state index in [1.165, 1.54) is 10.6 Å². The lowest BCUT2D eigenvalue weighted by Crippen LogP contribution is -2.35. The molecule has 174 valence electrons. The van der Waals surface area contributed by atoms with Crippen molar-refractivity contribution in [2.75, 3.05) is 6.54 Å². The van der Waals surface area contributed by atoms with Crippen molar-refractivity contribution in [3.05, 3.63) is 53.1 Å². The molecule has 0 radical (unpaired) electrons. The molecule has 0 amide bonds. The number of carboxylic acid groups (broad SMARTS) is 1. The zero-order chi connectivity index (χ0) is 23.7. The lowest BCUT2D eigenvalue weighted by Gasteiger charge is -2.21. The van der Waals surface area contributed by atoms with Crippen LogP contribution in [-0.2, 0) is 17.9 Å². The molecule has 1 atom stereocenters. The maximum absolute atomic E-state index is 11.4. The topological polar surface area (TPSA) is 132 Å². The van der Waals surface area contributed by atoms with Crippen molar-refractivity contribution in [2.45, 2.75) is 51.7 Å². The van der Waals surface area contributed by atoms with Crippen LogP contribution in [0, 0.1) is 0 Å². The second-order valence-electron chi connectivity index (χ2n) is 8.78. The molecule has 0 aliphatic carbocycles. The number of hydrogen-bond donors (Lipinski definition) is 4. The quantitative estimate of drug-likeness (QED) is 0.429. The first-order valence-electron chi connectivity index (χ1n) is 11.0. The number of aromatic nitrogens is 3. The van der Waals surface area contributed by atoms with Crippen molar-refractivity contribution in [1.82, 2.24) is 19.7 Å². The molecule has 0 saturated carbocycles. The average Bonchev–Trinajstić information content (AvgIpc) is 3.36. The van der Waals surface area contributed by atoms with E-state index in [0.29, 0.717) is 24.1 Å². The van der Waals surface area contributed by atoms with Gasteiger partial charge in [0.15, 0.2) is 5.82 Å². The first-order valence-corrected chi connectivity index (χ1v) is 11.0. The van der Waals surface area contributed by atoms with Gasteiger partial charge in [-0.25, -0.2) is 0 Å². The molecule has 33 heavy (non-hydrogen) atoms. The maximum Gasteiger partial charge on any atom is 0.320 e. The Balaban J connectivity index is 1.56. The number of benzene rings is 2. The number of nitrogens with zero attached hydrogens (tertiary/aromatic N) is 4. The number of carboxylic acids is 1. The van der Waals surface area contributed by atoms with Gasteiger partial charge < -0.3 is 20.4 Å². The van der Waals surface area contributed by atoms with Crippen LogP contribution < -0.4 is 0 Å². The Morgan fingerprint density at radius 1 is 1.03 bits per heavy atom. The molecule has 2 aromatic carbocycles. The molecule has 9 heteroatoms. The van der Waals surface area contributed by atoms with Crippen molar-refractivity contribution in [3.8, 4) is 28.9 Å². The Morgan fingerprint density at radius 2 is 1.70 bits per heavy atom. The molecule has 4 rings (SSSR count). The SMILES string of the molecule is CC(C)c1cc(-c2nnc(O)n2Cc2ccc(CN3CCCC3C(=O)O)cc2)c(O)cc1O. The molecular formula is C24H28N4O5. The Hall–Kier alpha value is -3.59. The number of aliphatic carboxylic acids is 1. The van der Waals surface area contributed by atoms with Gasteiger partial charge in [0.1, 0.15) is 17.5 Å². The van der Waals surface area contributed by atoms with E-state index < -0.39 is 12.0 Å². The summed E-state index contributed by atoms with van der Waals surface area (Å²) in [6.07, 6.45) is 1.55. The van der Waals surface area contributed by atoms with Crippen LogP contribution in [-0.4, -0.2) is 58.6 Å². The highest BCUT2D eigenvalue weighted by atomic mass is 16.4. The van der Waals surface area contributed by atoms with E-state index in [9.17, 15) is 25.2 Å². The molecule has 0 spiro atoms. The van der Waals surface area contributed by atoms with Crippen LogP contribution in [0.3, 0.4) is 0 Å². The summed E-state index contributed by atoms with van der Waals surface area (Å²) in [6, 6.07) is 9.95. The van der Waals surface area contributed by atoms with E-state index in [4.69, 9.17) is 0 Å². The highest BCUT2D eigenvalue weighted by Gasteiger charge is 2.30. The van der Waals surface area contributed by atoms with Gasteiger partial charge in [0, 0.05) is 12.6 Å². The molecular weight excluding hydrogens is 424 g/mol. The predicted octanol–water partition coefficient (Wildman–Crippen LogP) is 3.28. The van der Waals surface area contributed by atoms with Crippen LogP contribution in [0.5, 0.6) is 17.5 Å². The van der Waals surface area contributed by atoms with E-state index in [2.05, 4.69) is 10.2 Å². The van der Waals surface area contributed by atoms with Gasteiger partial charge in [-0.2, -0.15) is 0 Å². The van der Waals surface area contributed by atoms with Crippen LogP contribution in [0.25, 0.3) is 11.4 Å². The van der Waals surface area contributed by atoms with Crippen molar-refractivity contribution >= 4 is 5.97 Å². The Labute approximate surface area is 191 Å². The third kappa shape index (κ3) is 4.63. The van der Waals surface area contributed by atoms with Gasteiger partial charge in [0.05, 0.1) is 12.1 Å². The number of phenolic OH excluding ortho intramolecular Hbond substituents is 2. The summed E-state index contributed by atoms with van der Waals surface area (Å²) < 4.78 is 1.49. The molecule has 1 aliphatic heterocycles. The lowest BCUT2D eigenvalue weighted by molar-refractivity contribution is -0.142. The number of aromatic hydroxyl groups is 3. The minimum atomic E-state index is -0.780. The van der Waals surface area contributed by atoms with Crippen molar-refractivity contribution in [2.24, 2.45) is 0 Å². The molecule has 2 heterocycles. The van der Waals surface area contributed by atoms with Crippen molar-refractivity contribution in [3.63, 3.8) is 0 Å². The van der Waals surface area contributed by atoms with Gasteiger partial charge in [-0.3, -0.25) is 14.3 Å². The monoisotopic (exact) mass is 452 g/mol. The fraction of sp³-hybridized carbons (Fsp3) is 0.375. The summed E-state index contributed by atoms with van der Waals surface area (Å²) in [5.74, 6) is -0.617. The van der Waals surface area contributed by atoms with E-state index in [1.54, 1.807) is 6.07 Å². The Kier molecular flexibility index (Phi) is 6.24. The Bertz CT molecular complexity index is 1160. The third-order valence-electron chi connectivity index (χ3n) is 6.14. The molecule has 0 bridgehead atoms. The molecule has 1 aliphatic rings. The van der Waals surface area contributed by atoms with E-state index >= 15 is 0 Å². The smallest absolute Gasteiger partial charge is 0.320 e. The standard InChI is InChI=1S/C24H28N4O5/c1-14(2)17-10-18(21(30)11-20(17)29)22-25-26-24(33)28(22)13-16-7-5-15(6-8-16)12-27-9-3-4-19(27)23(31)32/h5-8,10-11,14,19,29-30H,3-4,9,12-13H2,1-2H3,(H,26,33)(H,31,32). The van der Waals surface area contributed by atoms with E-state index in [0.717, 1.165) is 24.1 Å². The van der Waals surface area contributed by atoms with Crippen LogP contribution >= 0.6 is 0 Å². The number of hydrogen-bond acceptors (Lipinski definition) is 7. The zero-order valence-corrected chi connectivity index (χ0v) is 18.6. The number of likely N-dealkylation sites (tertiary alicyclic amines) is 1. The fourth-order valence-electron chi connectivity index (χ4n) is 4.34. The molecule has 4 N–H and O–H groups in total. The summed E-state index contributed by atoms with van der Waals surface area (Å²) in [7, 11) is 0. The zero-order valence-electron chi connectivity index (χ0n) is 18.6. The summed E-state index contributed by atoms with van der Waals surface area (Å²) in [6.45, 7) is 5.47. The van der Waals surface area contributed by atoms with Crippen LogP contribution in [0.2, 0.25) is 0 Å². The fourth-order valence-corrected chi connectivity index (χ4v) is 4.34. The highest BCUT2D eigenvalue weighted by molar-refractivity contribution is 5.73. The summed E-state index contributed by atoms with van der Waals surface area (Å²) in [5.41, 5.74) is 2.92. The van der Waals surface area contributed by atoms with Gasteiger partial charge in [-0.05, 0) is 48.1 Å². The van der Waals surface area contributed by atoms with Gasteiger partial charge in [0.2, 0.25) is 0 Å². The molecule has 1 fully saturated rings. The highest BCUT2D eigenvalue weighted by Crippen LogP contribution is 2.38. The lowest BCUT2D eigenvalue weighted by atomic mass is 9.98. The second kappa shape index (κ2) is 9.11. The molecule has 1 saturated heterocycles. The van der Waals surface area contributed by atoms with E-state index in [1.807, 2.05) is 43.0 Å². The summed E-state index contributed by atoms with van der Waals surface area (Å²) in [5, 5.41) is 48.0. The molecule has 1 unspecified atom stereocenters. The van der Waals surface area contributed by atoms with Crippen LogP contribution in [0.15, 0.2) is 36.4 Å². The van der Waals surface area contributed by atoms with Crippen molar-refractivity contribution in [1.29, 1.82) is 0 Å². The molecule has 1 aromatic heterocycles. The maximum atomic E-state index is 11.4. The van der Waals surface area contributed by atoms with Gasteiger partial charge in [0.25, 0.3) is 0 Å². The predicted molar refractivity (Wildman–Crippen MR) is 121 cm³/mol. The number of rotatable bonds is 7. The van der Waals surface area contributed by atoms with Gasteiger partial charge >= 0.3 is 12.0 Å². The molecule has 3 aromatic rings. The van der Waals surface area contributed by atoms with Crippen molar-refractivity contribution < 1.29 is 25.2 Å². The molecule has 9 nitrogen and oxygen atoms in total. The minimum absolute atomic E-state index is 0.000246. The summed E-state index contributed by atoms with van der Waals surface area (Å²) in [4.78, 5) is 13.4. The largest absolute Gasteiger partial charge is 0.508 e. The third-order valence-corrected chi connectivity index (χ3v) is 6.14. The first kappa shape index (κ1) is 22.6. The average molecular weight is 453 g/mol. The van der Waals surface area contributed by atoms with Gasteiger partial charge in [-0.15, -0.1) is 5.10 Å². The normalized spacial score (nSPS) is 16.5. The van der Waals surface area contributed by atoms with E-state index in [-0.39, 0.29) is 35.8 Å². The van der Waals surface area contributed by atoms with Crippen LogP contribution in [0.4, 0.5) is 0 Å². The Morgan fingerprint density at radius 3 is 2.33 bits per heavy atom. The number of carbonyl (C=O) groups is 1. The first-order chi connectivity index (χ1) is 15.7. The van der Waals surface area contributed by atoms with Crippen LogP contribution in [0.1, 0.15) is 49.3 Å². The number of phenols is 2. The van der Waals surface area contributed by atoms with Gasteiger partial charge in [-0.1, -0.05) is 43.2 Å². The minimum Gasteiger partial charge on any atom is -0.508 e. The summed E-state index contributed by atoms with van der Waals surface area (Å²) >= 11 is 0.